The average molecular weight is 418 g/mol. The van der Waals surface area contributed by atoms with Crippen LogP contribution in [0.1, 0.15) is 27.2 Å². The van der Waals surface area contributed by atoms with Gasteiger partial charge in [0.15, 0.2) is 29.1 Å². The highest BCUT2D eigenvalue weighted by molar-refractivity contribution is 6.09. The summed E-state index contributed by atoms with van der Waals surface area (Å²) in [6, 6.07) is 2.84. The molecule has 4 nitrogen and oxygen atoms in total. The van der Waals surface area contributed by atoms with Crippen molar-refractivity contribution < 1.29 is 35.5 Å². The Labute approximate surface area is 157 Å². The van der Waals surface area contributed by atoms with Gasteiger partial charge < -0.3 is 0 Å². The predicted molar refractivity (Wildman–Crippen MR) is 85.8 cm³/mol. The molecule has 0 atom stereocenters. The van der Waals surface area contributed by atoms with Crippen LogP contribution in [0, 0.1) is 30.2 Å². The molecule has 0 aliphatic heterocycles. The number of H-pyrrole nitrogens is 1. The maximum Gasteiger partial charge on any atom is 0.416 e. The van der Waals surface area contributed by atoms with E-state index >= 15 is 0 Å². The van der Waals surface area contributed by atoms with E-state index in [0.717, 1.165) is 12.1 Å². The van der Waals surface area contributed by atoms with Gasteiger partial charge in [0, 0.05) is 17.3 Å². The minimum absolute atomic E-state index is 0.0523. The van der Waals surface area contributed by atoms with Gasteiger partial charge in [0.1, 0.15) is 11.3 Å². The zero-order chi connectivity index (χ0) is 21.7. The molecular weight excluding hydrogens is 409 g/mol. The third-order valence-electron chi connectivity index (χ3n) is 4.09. The number of nitrogens with one attached hydrogen (secondary N) is 1. The molecule has 0 aliphatic rings. The molecule has 0 bridgehead atoms. The van der Waals surface area contributed by atoms with Gasteiger partial charge in [-0.15, -0.1) is 0 Å². The van der Waals surface area contributed by atoms with E-state index in [2.05, 4.69) is 5.10 Å². The van der Waals surface area contributed by atoms with Crippen molar-refractivity contribution in [1.29, 1.82) is 0 Å². The SMILES string of the molecule is Cc1[nH]n(-c2c(F)c(F)cc(F)c2F)c(=O)c1C(=O)c1ccc(C(F)(F)F)cc1. The summed E-state index contributed by atoms with van der Waals surface area (Å²) in [5.41, 5.74) is -4.96. The van der Waals surface area contributed by atoms with Gasteiger partial charge in [-0.25, -0.2) is 22.2 Å². The molecule has 29 heavy (non-hydrogen) atoms. The minimum Gasteiger partial charge on any atom is -0.294 e. The number of aryl methyl sites for hydroxylation is 1. The summed E-state index contributed by atoms with van der Waals surface area (Å²) in [5, 5.41) is 2.14. The van der Waals surface area contributed by atoms with Crippen LogP contribution in [0.3, 0.4) is 0 Å². The molecule has 0 unspecified atom stereocenters. The third kappa shape index (κ3) is 3.43. The van der Waals surface area contributed by atoms with E-state index in [9.17, 15) is 40.3 Å². The van der Waals surface area contributed by atoms with Crippen molar-refractivity contribution in [3.05, 3.63) is 86.3 Å². The quantitative estimate of drug-likeness (QED) is 0.392. The van der Waals surface area contributed by atoms with Crippen molar-refractivity contribution in [1.82, 2.24) is 9.78 Å². The minimum atomic E-state index is -4.64. The fraction of sp³-hybridized carbons (Fsp3) is 0.111. The number of carbonyl (C=O) groups excluding carboxylic acids is 1. The van der Waals surface area contributed by atoms with Gasteiger partial charge in [-0.05, 0) is 19.1 Å². The van der Waals surface area contributed by atoms with Crippen molar-refractivity contribution in [2.24, 2.45) is 0 Å². The van der Waals surface area contributed by atoms with E-state index in [1.807, 2.05) is 0 Å². The van der Waals surface area contributed by atoms with E-state index in [1.54, 1.807) is 0 Å². The van der Waals surface area contributed by atoms with Crippen LogP contribution in [-0.2, 0) is 6.18 Å². The first-order chi connectivity index (χ1) is 13.4. The number of benzene rings is 2. The number of ketones is 1. The largest absolute Gasteiger partial charge is 0.416 e. The van der Waals surface area contributed by atoms with Gasteiger partial charge in [0.2, 0.25) is 0 Å². The lowest BCUT2D eigenvalue weighted by molar-refractivity contribution is -0.137. The topological polar surface area (TPSA) is 54.9 Å². The summed E-state index contributed by atoms with van der Waals surface area (Å²) in [6.07, 6.45) is -4.64. The molecule has 3 aromatic rings. The molecule has 0 saturated heterocycles. The number of nitrogens with zero attached hydrogens (tertiary/aromatic N) is 1. The molecular formula is C18H9F7N2O2. The second kappa shape index (κ2) is 6.90. The van der Waals surface area contributed by atoms with Crippen LogP contribution in [0.15, 0.2) is 35.1 Å². The van der Waals surface area contributed by atoms with E-state index in [0.29, 0.717) is 12.1 Å². The number of aromatic nitrogens is 2. The third-order valence-corrected chi connectivity index (χ3v) is 4.09. The van der Waals surface area contributed by atoms with Crippen molar-refractivity contribution in [2.45, 2.75) is 13.1 Å². The maximum absolute atomic E-state index is 14.0. The molecule has 0 fully saturated rings. The maximum atomic E-state index is 14.0. The first kappa shape index (κ1) is 20.4. The highest BCUT2D eigenvalue weighted by Crippen LogP contribution is 2.29. The summed E-state index contributed by atoms with van der Waals surface area (Å²) in [4.78, 5) is 25.1. The molecule has 152 valence electrons. The number of aromatic amines is 1. The van der Waals surface area contributed by atoms with E-state index in [1.165, 1.54) is 6.92 Å². The van der Waals surface area contributed by atoms with Crippen LogP contribution < -0.4 is 5.56 Å². The molecule has 1 heterocycles. The van der Waals surface area contributed by atoms with Crippen molar-refractivity contribution >= 4 is 5.78 Å². The smallest absolute Gasteiger partial charge is 0.294 e. The second-order valence-corrected chi connectivity index (χ2v) is 5.97. The zero-order valence-corrected chi connectivity index (χ0v) is 14.3. The zero-order valence-electron chi connectivity index (χ0n) is 14.3. The standard InChI is InChI=1S/C18H9F7N2O2/c1-7-12(16(28)8-2-4-9(5-3-8)18(23,24)25)17(29)27(26-7)15-13(21)10(19)6-11(20)14(15)22/h2-6,26H,1H3. The van der Waals surface area contributed by atoms with Gasteiger partial charge in [-0.1, -0.05) is 12.1 Å². The molecule has 0 spiro atoms. The summed E-state index contributed by atoms with van der Waals surface area (Å²) >= 11 is 0. The van der Waals surface area contributed by atoms with Crippen LogP contribution in [0.25, 0.3) is 5.69 Å². The van der Waals surface area contributed by atoms with Gasteiger partial charge in [0.05, 0.1) is 5.56 Å². The number of halogens is 7. The molecule has 3 rings (SSSR count). The molecule has 0 aliphatic carbocycles. The summed E-state index contributed by atoms with van der Waals surface area (Å²) < 4.78 is 92.8. The van der Waals surface area contributed by atoms with Crippen molar-refractivity contribution in [3.63, 3.8) is 0 Å². The Balaban J connectivity index is 2.12. The van der Waals surface area contributed by atoms with Crippen LogP contribution in [0.4, 0.5) is 30.7 Å². The molecule has 1 N–H and O–H groups in total. The van der Waals surface area contributed by atoms with Gasteiger partial charge in [0.25, 0.3) is 5.56 Å². The molecule has 11 heteroatoms. The van der Waals surface area contributed by atoms with E-state index in [4.69, 9.17) is 0 Å². The summed E-state index contributed by atoms with van der Waals surface area (Å²) in [5.74, 6) is -8.34. The monoisotopic (exact) mass is 418 g/mol. The molecule has 1 aromatic heterocycles. The van der Waals surface area contributed by atoms with Crippen molar-refractivity contribution in [3.8, 4) is 5.69 Å². The highest BCUT2D eigenvalue weighted by Gasteiger charge is 2.31. The van der Waals surface area contributed by atoms with E-state index in [-0.39, 0.29) is 22.0 Å². The molecule has 0 saturated carbocycles. The summed E-state index contributed by atoms with van der Waals surface area (Å²) in [6.45, 7) is 1.17. The van der Waals surface area contributed by atoms with Gasteiger partial charge in [-0.3, -0.25) is 14.7 Å². The molecule has 0 amide bonds. The first-order valence-electron chi connectivity index (χ1n) is 7.80. The number of hydrogen-bond acceptors (Lipinski definition) is 2. The second-order valence-electron chi connectivity index (χ2n) is 5.97. The highest BCUT2D eigenvalue weighted by atomic mass is 19.4. The Kier molecular flexibility index (Phi) is 4.85. The number of hydrogen-bond donors (Lipinski definition) is 1. The number of alkyl halides is 3. The Hall–Kier alpha value is -3.37. The van der Waals surface area contributed by atoms with Crippen LogP contribution in [-0.4, -0.2) is 15.6 Å². The Bertz CT molecular complexity index is 1150. The first-order valence-corrected chi connectivity index (χ1v) is 7.80. The Morgan fingerprint density at radius 1 is 0.966 bits per heavy atom. The fourth-order valence-corrected chi connectivity index (χ4v) is 2.68. The molecule has 0 radical (unpaired) electrons. The predicted octanol–water partition coefficient (Wildman–Crippen LogP) is 4.28. The van der Waals surface area contributed by atoms with Crippen LogP contribution >= 0.6 is 0 Å². The lowest BCUT2D eigenvalue weighted by atomic mass is 10.0. The normalized spacial score (nSPS) is 11.7. The lowest BCUT2D eigenvalue weighted by Crippen LogP contribution is -2.23. The molecule has 2 aromatic carbocycles. The van der Waals surface area contributed by atoms with E-state index < -0.39 is 57.6 Å². The van der Waals surface area contributed by atoms with Gasteiger partial charge in [-0.2, -0.15) is 13.2 Å². The van der Waals surface area contributed by atoms with Gasteiger partial charge >= 0.3 is 6.18 Å². The fourth-order valence-electron chi connectivity index (χ4n) is 2.68. The van der Waals surface area contributed by atoms with Crippen LogP contribution in [0.2, 0.25) is 0 Å². The number of carbonyl (C=O) groups is 1. The lowest BCUT2D eigenvalue weighted by Gasteiger charge is -2.07. The van der Waals surface area contributed by atoms with Crippen LogP contribution in [0.5, 0.6) is 0 Å². The average Bonchev–Trinajstić information content (AvgIpc) is 2.93. The Morgan fingerprint density at radius 3 is 1.97 bits per heavy atom. The summed E-state index contributed by atoms with van der Waals surface area (Å²) in [7, 11) is 0. The number of rotatable bonds is 3. The van der Waals surface area contributed by atoms with Crippen molar-refractivity contribution in [2.75, 3.05) is 0 Å². The Morgan fingerprint density at radius 2 is 1.48 bits per heavy atom.